The third-order valence-electron chi connectivity index (χ3n) is 5.44. The van der Waals surface area contributed by atoms with Crippen LogP contribution < -0.4 is 10.3 Å². The molecule has 1 saturated heterocycles. The van der Waals surface area contributed by atoms with Crippen LogP contribution in [0.25, 0.3) is 16.8 Å². The number of fused-ring (bicyclic) bond motifs is 1. The Kier molecular flexibility index (Phi) is 5.70. The Morgan fingerprint density at radius 1 is 1.23 bits per heavy atom. The fourth-order valence-electron chi connectivity index (χ4n) is 3.84. The normalized spacial score (nSPS) is 16.2. The summed E-state index contributed by atoms with van der Waals surface area (Å²) in [5, 5.41) is 9.08. The number of hydrogen-bond acceptors (Lipinski definition) is 4. The average Bonchev–Trinajstić information content (AvgIpc) is 3.22. The molecule has 1 aliphatic heterocycles. The molecule has 7 heteroatoms. The van der Waals surface area contributed by atoms with Gasteiger partial charge in [0.15, 0.2) is 0 Å². The van der Waals surface area contributed by atoms with Crippen molar-refractivity contribution in [1.29, 1.82) is 0 Å². The van der Waals surface area contributed by atoms with Gasteiger partial charge in [-0.2, -0.15) is 0 Å². The molecule has 156 valence electrons. The van der Waals surface area contributed by atoms with Crippen molar-refractivity contribution < 1.29 is 14.6 Å². The van der Waals surface area contributed by atoms with Gasteiger partial charge in [-0.15, -0.1) is 0 Å². The second-order valence-corrected chi connectivity index (χ2v) is 7.55. The summed E-state index contributed by atoms with van der Waals surface area (Å²) >= 11 is 0. The van der Waals surface area contributed by atoms with E-state index in [-0.39, 0.29) is 11.7 Å². The van der Waals surface area contributed by atoms with Crippen LogP contribution in [-0.4, -0.2) is 44.7 Å². The molecule has 1 aliphatic rings. The van der Waals surface area contributed by atoms with Gasteiger partial charge in [-0.3, -0.25) is 9.20 Å². The van der Waals surface area contributed by atoms with E-state index < -0.39 is 6.09 Å². The number of rotatable bonds is 6. The lowest BCUT2D eigenvalue weighted by atomic mass is 10.0. The van der Waals surface area contributed by atoms with Crippen molar-refractivity contribution in [3.8, 4) is 16.9 Å². The molecule has 4 rings (SSSR count). The number of aromatic nitrogens is 2. The highest BCUT2D eigenvalue weighted by atomic mass is 16.5. The molecule has 1 atom stereocenters. The minimum absolute atomic E-state index is 0.0757. The largest absolute Gasteiger partial charge is 0.489 e. The van der Waals surface area contributed by atoms with Crippen molar-refractivity contribution in [2.45, 2.75) is 38.7 Å². The minimum Gasteiger partial charge on any atom is -0.489 e. The summed E-state index contributed by atoms with van der Waals surface area (Å²) in [7, 11) is 0. The first-order valence-electron chi connectivity index (χ1n) is 10.3. The van der Waals surface area contributed by atoms with E-state index in [1.807, 2.05) is 42.5 Å². The van der Waals surface area contributed by atoms with E-state index in [0.29, 0.717) is 36.5 Å². The van der Waals surface area contributed by atoms with Gasteiger partial charge in [0.05, 0.1) is 17.8 Å². The molecule has 0 bridgehead atoms. The molecule has 3 aromatic rings. The van der Waals surface area contributed by atoms with Gasteiger partial charge in [-0.1, -0.05) is 31.5 Å². The maximum absolute atomic E-state index is 13.2. The minimum atomic E-state index is -0.916. The lowest BCUT2D eigenvalue weighted by molar-refractivity contribution is 0.145. The third-order valence-corrected chi connectivity index (χ3v) is 5.44. The Morgan fingerprint density at radius 3 is 2.73 bits per heavy atom. The highest BCUT2D eigenvalue weighted by molar-refractivity contribution is 5.67. The van der Waals surface area contributed by atoms with Gasteiger partial charge in [0.2, 0.25) is 0 Å². The van der Waals surface area contributed by atoms with E-state index in [4.69, 9.17) is 14.8 Å². The fourth-order valence-corrected chi connectivity index (χ4v) is 3.84. The van der Waals surface area contributed by atoms with Gasteiger partial charge < -0.3 is 14.7 Å². The molecule has 7 nitrogen and oxygen atoms in total. The number of ether oxygens (including phenoxy) is 1. The number of aryl methyl sites for hydroxylation is 1. The van der Waals surface area contributed by atoms with Crippen LogP contribution in [-0.2, 0) is 6.42 Å². The maximum Gasteiger partial charge on any atom is 0.407 e. The molecular weight excluding hydrogens is 382 g/mol. The SMILES string of the molecule is CCCCc1nc2ccccn2c(=O)c1-c1ccc(OC2CCN(C(=O)O)C2)cc1. The third kappa shape index (κ3) is 4.01. The number of hydrogen-bond donors (Lipinski definition) is 1. The van der Waals surface area contributed by atoms with Crippen LogP contribution in [0.1, 0.15) is 31.9 Å². The van der Waals surface area contributed by atoms with Crippen molar-refractivity contribution in [1.82, 2.24) is 14.3 Å². The summed E-state index contributed by atoms with van der Waals surface area (Å²) in [6.07, 6.45) is 4.08. The predicted molar refractivity (Wildman–Crippen MR) is 114 cm³/mol. The average molecular weight is 407 g/mol. The van der Waals surface area contributed by atoms with Gasteiger partial charge in [0.1, 0.15) is 17.5 Å². The number of unbranched alkanes of at least 4 members (excludes halogenated alkanes) is 1. The van der Waals surface area contributed by atoms with E-state index in [9.17, 15) is 9.59 Å². The monoisotopic (exact) mass is 407 g/mol. The molecule has 0 saturated carbocycles. The van der Waals surface area contributed by atoms with Crippen molar-refractivity contribution in [3.05, 3.63) is 64.7 Å². The molecule has 0 radical (unpaired) electrons. The summed E-state index contributed by atoms with van der Waals surface area (Å²) in [4.78, 5) is 30.4. The first-order chi connectivity index (χ1) is 14.6. The van der Waals surface area contributed by atoms with Crippen LogP contribution in [0.3, 0.4) is 0 Å². The predicted octanol–water partition coefficient (Wildman–Crippen LogP) is 3.84. The standard InChI is InChI=1S/C23H25N3O4/c1-2-3-6-19-21(22(27)26-13-5-4-7-20(26)24-19)16-8-10-17(11-9-16)30-18-12-14-25(15-18)23(28)29/h4-5,7-11,13,18H,2-3,6,12,14-15H2,1H3,(H,28,29). The van der Waals surface area contributed by atoms with Crippen LogP contribution >= 0.6 is 0 Å². The van der Waals surface area contributed by atoms with Crippen LogP contribution in [0.5, 0.6) is 5.75 Å². The van der Waals surface area contributed by atoms with Gasteiger partial charge in [0.25, 0.3) is 5.56 Å². The van der Waals surface area contributed by atoms with E-state index >= 15 is 0 Å². The lowest BCUT2D eigenvalue weighted by Crippen LogP contribution is -2.29. The van der Waals surface area contributed by atoms with Crippen LogP contribution in [0.15, 0.2) is 53.5 Å². The molecule has 2 aromatic heterocycles. The quantitative estimate of drug-likeness (QED) is 0.671. The molecule has 1 unspecified atom stereocenters. The maximum atomic E-state index is 13.2. The summed E-state index contributed by atoms with van der Waals surface area (Å²) < 4.78 is 7.52. The number of carboxylic acid groups (broad SMARTS) is 1. The fraction of sp³-hybridized carbons (Fsp3) is 0.348. The van der Waals surface area contributed by atoms with Crippen LogP contribution in [0.4, 0.5) is 4.79 Å². The molecule has 30 heavy (non-hydrogen) atoms. The molecule has 1 N–H and O–H groups in total. The molecule has 0 spiro atoms. The van der Waals surface area contributed by atoms with Crippen molar-refractivity contribution in [3.63, 3.8) is 0 Å². The number of pyridine rings is 1. The first kappa shape index (κ1) is 19.9. The number of nitrogens with zero attached hydrogens (tertiary/aromatic N) is 3. The van der Waals surface area contributed by atoms with Gasteiger partial charge >= 0.3 is 6.09 Å². The van der Waals surface area contributed by atoms with Crippen LogP contribution in [0.2, 0.25) is 0 Å². The number of carbonyl (C=O) groups is 1. The Hall–Kier alpha value is -3.35. The lowest BCUT2D eigenvalue weighted by Gasteiger charge is -2.15. The Morgan fingerprint density at radius 2 is 2.03 bits per heavy atom. The van der Waals surface area contributed by atoms with Gasteiger partial charge in [-0.05, 0) is 42.7 Å². The Labute approximate surface area is 174 Å². The number of likely N-dealkylation sites (tertiary alicyclic amines) is 1. The van der Waals surface area contributed by atoms with Crippen LogP contribution in [0, 0.1) is 0 Å². The summed E-state index contributed by atoms with van der Waals surface area (Å²) in [6, 6.07) is 13.0. The molecule has 1 aromatic carbocycles. The van der Waals surface area contributed by atoms with E-state index in [0.717, 1.165) is 30.5 Å². The summed E-state index contributed by atoms with van der Waals surface area (Å²) in [6.45, 7) is 2.97. The second kappa shape index (κ2) is 8.57. The van der Waals surface area contributed by atoms with Gasteiger partial charge in [0, 0.05) is 19.2 Å². The van der Waals surface area contributed by atoms with E-state index in [1.165, 1.54) is 4.90 Å². The number of amides is 1. The highest BCUT2D eigenvalue weighted by Crippen LogP contribution is 2.25. The molecule has 1 amide bonds. The smallest absolute Gasteiger partial charge is 0.407 e. The molecule has 1 fully saturated rings. The summed E-state index contributed by atoms with van der Waals surface area (Å²) in [5.74, 6) is 0.667. The Bertz CT molecular complexity index is 1110. The molecular formula is C23H25N3O4. The van der Waals surface area contributed by atoms with Crippen molar-refractivity contribution in [2.75, 3.05) is 13.1 Å². The second-order valence-electron chi connectivity index (χ2n) is 7.55. The van der Waals surface area contributed by atoms with Crippen molar-refractivity contribution >= 4 is 11.7 Å². The topological polar surface area (TPSA) is 84.1 Å². The van der Waals surface area contributed by atoms with Crippen molar-refractivity contribution in [2.24, 2.45) is 0 Å². The molecule has 3 heterocycles. The summed E-state index contributed by atoms with van der Waals surface area (Å²) in [5.41, 5.74) is 2.82. The highest BCUT2D eigenvalue weighted by Gasteiger charge is 2.27. The zero-order valence-corrected chi connectivity index (χ0v) is 17.0. The zero-order valence-electron chi connectivity index (χ0n) is 17.0. The van der Waals surface area contributed by atoms with E-state index in [1.54, 1.807) is 10.6 Å². The van der Waals surface area contributed by atoms with E-state index in [2.05, 4.69) is 6.92 Å². The first-order valence-corrected chi connectivity index (χ1v) is 10.3. The Balaban J connectivity index is 1.62. The molecule has 0 aliphatic carbocycles. The van der Waals surface area contributed by atoms with Gasteiger partial charge in [-0.25, -0.2) is 9.78 Å². The zero-order chi connectivity index (χ0) is 21.1. The number of benzene rings is 1.